The number of likely N-dealkylation sites (N-methyl/N-ethyl adjacent to an activating group) is 1. The molecule has 24 heavy (non-hydrogen) atoms. The van der Waals surface area contributed by atoms with Crippen molar-refractivity contribution in [2.75, 3.05) is 11.9 Å². The highest BCUT2D eigenvalue weighted by molar-refractivity contribution is 6.06. The third-order valence-electron chi connectivity index (χ3n) is 3.85. The van der Waals surface area contributed by atoms with E-state index in [1.807, 2.05) is 42.5 Å². The number of amides is 2. The Labute approximate surface area is 140 Å². The molecule has 1 N–H and O–H groups in total. The molecule has 1 fully saturated rings. The fourth-order valence-electron chi connectivity index (χ4n) is 2.65. The second-order valence-corrected chi connectivity index (χ2v) is 5.51. The van der Waals surface area contributed by atoms with Gasteiger partial charge in [0.15, 0.2) is 0 Å². The normalized spacial score (nSPS) is 17.2. The van der Waals surface area contributed by atoms with Gasteiger partial charge in [-0.05, 0) is 31.2 Å². The summed E-state index contributed by atoms with van der Waals surface area (Å²) in [6.07, 6.45) is 1.91. The highest BCUT2D eigenvalue weighted by atomic mass is 16.5. The molecule has 0 spiro atoms. The van der Waals surface area contributed by atoms with E-state index < -0.39 is 6.04 Å². The number of hydrogen-bond donors (Lipinski definition) is 1. The lowest BCUT2D eigenvalue weighted by Gasteiger charge is -2.15. The molecule has 1 saturated heterocycles. The number of likely N-dealkylation sites (tertiary alicyclic amines) is 1. The van der Waals surface area contributed by atoms with Gasteiger partial charge in [0, 0.05) is 24.5 Å². The topological polar surface area (TPSA) is 71.5 Å². The van der Waals surface area contributed by atoms with Crippen molar-refractivity contribution in [2.45, 2.75) is 26.0 Å². The molecular formula is C18H19N3O3. The van der Waals surface area contributed by atoms with Gasteiger partial charge < -0.3 is 10.1 Å². The molecule has 6 nitrogen and oxygen atoms in total. The maximum absolute atomic E-state index is 12.2. The molecule has 2 amide bonds. The SMILES string of the molecule is CCN1C(=O)C[C@H](Nc2cccc(OCc3ccccn3)c2)C1=O. The first kappa shape index (κ1) is 16.0. The highest BCUT2D eigenvalue weighted by Crippen LogP contribution is 2.22. The maximum atomic E-state index is 12.2. The van der Waals surface area contributed by atoms with Crippen molar-refractivity contribution in [1.29, 1.82) is 0 Å². The number of aromatic nitrogens is 1. The van der Waals surface area contributed by atoms with Crippen LogP contribution in [-0.4, -0.2) is 34.3 Å². The average molecular weight is 325 g/mol. The van der Waals surface area contributed by atoms with Crippen LogP contribution in [0.25, 0.3) is 0 Å². The zero-order valence-electron chi connectivity index (χ0n) is 13.4. The van der Waals surface area contributed by atoms with Crippen LogP contribution >= 0.6 is 0 Å². The largest absolute Gasteiger partial charge is 0.487 e. The molecule has 1 aromatic carbocycles. The number of hydrogen-bond acceptors (Lipinski definition) is 5. The predicted octanol–water partition coefficient (Wildman–Crippen LogP) is 2.22. The van der Waals surface area contributed by atoms with Crippen molar-refractivity contribution >= 4 is 17.5 Å². The first-order valence-corrected chi connectivity index (χ1v) is 7.91. The van der Waals surface area contributed by atoms with Crippen molar-refractivity contribution in [1.82, 2.24) is 9.88 Å². The lowest BCUT2D eigenvalue weighted by atomic mass is 10.2. The van der Waals surface area contributed by atoms with E-state index in [1.54, 1.807) is 13.1 Å². The zero-order valence-corrected chi connectivity index (χ0v) is 13.4. The van der Waals surface area contributed by atoms with Gasteiger partial charge in [-0.1, -0.05) is 12.1 Å². The lowest BCUT2D eigenvalue weighted by Crippen LogP contribution is -2.34. The first-order valence-electron chi connectivity index (χ1n) is 7.91. The Morgan fingerprint density at radius 3 is 2.83 bits per heavy atom. The molecule has 0 saturated carbocycles. The van der Waals surface area contributed by atoms with E-state index >= 15 is 0 Å². The Morgan fingerprint density at radius 2 is 2.12 bits per heavy atom. The summed E-state index contributed by atoms with van der Waals surface area (Å²) in [7, 11) is 0. The fourth-order valence-corrected chi connectivity index (χ4v) is 2.65. The summed E-state index contributed by atoms with van der Waals surface area (Å²) in [5.41, 5.74) is 1.59. The van der Waals surface area contributed by atoms with Gasteiger partial charge in [0.2, 0.25) is 5.91 Å². The van der Waals surface area contributed by atoms with Gasteiger partial charge in [-0.3, -0.25) is 19.5 Å². The van der Waals surface area contributed by atoms with E-state index in [0.717, 1.165) is 11.4 Å². The Morgan fingerprint density at radius 1 is 1.25 bits per heavy atom. The minimum absolute atomic E-state index is 0.137. The molecule has 124 valence electrons. The van der Waals surface area contributed by atoms with Crippen LogP contribution in [0.3, 0.4) is 0 Å². The smallest absolute Gasteiger partial charge is 0.252 e. The molecule has 1 atom stereocenters. The molecule has 0 unspecified atom stereocenters. The number of anilines is 1. The van der Waals surface area contributed by atoms with Gasteiger partial charge >= 0.3 is 0 Å². The molecule has 6 heteroatoms. The molecule has 3 rings (SSSR count). The monoisotopic (exact) mass is 325 g/mol. The van der Waals surface area contributed by atoms with Crippen LogP contribution in [0.15, 0.2) is 48.7 Å². The van der Waals surface area contributed by atoms with Crippen molar-refractivity contribution in [2.24, 2.45) is 0 Å². The number of nitrogens with zero attached hydrogens (tertiary/aromatic N) is 2. The minimum atomic E-state index is -0.511. The molecule has 1 aromatic heterocycles. The summed E-state index contributed by atoms with van der Waals surface area (Å²) in [4.78, 5) is 29.4. The standard InChI is InChI=1S/C18H19N3O3/c1-2-21-17(22)11-16(18(21)23)20-13-7-5-8-15(10-13)24-12-14-6-3-4-9-19-14/h3-10,16,20H,2,11-12H2,1H3/t16-/m0/s1. The van der Waals surface area contributed by atoms with Crippen molar-refractivity contribution in [3.8, 4) is 5.75 Å². The number of carbonyl (C=O) groups is 2. The maximum Gasteiger partial charge on any atom is 0.252 e. The summed E-state index contributed by atoms with van der Waals surface area (Å²) in [5.74, 6) is 0.361. The van der Waals surface area contributed by atoms with Crippen LogP contribution in [0, 0.1) is 0 Å². The van der Waals surface area contributed by atoms with Crippen LogP contribution in [-0.2, 0) is 16.2 Å². The summed E-state index contributed by atoms with van der Waals surface area (Å²) in [5, 5.41) is 3.12. The van der Waals surface area contributed by atoms with E-state index in [1.165, 1.54) is 4.90 Å². The number of rotatable bonds is 6. The molecule has 0 bridgehead atoms. The van der Waals surface area contributed by atoms with Gasteiger partial charge in [-0.15, -0.1) is 0 Å². The van der Waals surface area contributed by atoms with Crippen molar-refractivity contribution < 1.29 is 14.3 Å². The molecule has 1 aliphatic rings. The summed E-state index contributed by atoms with van der Waals surface area (Å²) in [6.45, 7) is 2.57. The van der Waals surface area contributed by atoms with E-state index in [-0.39, 0.29) is 18.2 Å². The van der Waals surface area contributed by atoms with Crippen LogP contribution in [0.4, 0.5) is 5.69 Å². The molecule has 2 aromatic rings. The van der Waals surface area contributed by atoms with Crippen molar-refractivity contribution in [3.05, 3.63) is 54.4 Å². The summed E-state index contributed by atoms with van der Waals surface area (Å²) in [6, 6.07) is 12.5. The minimum Gasteiger partial charge on any atom is -0.487 e. The lowest BCUT2D eigenvalue weighted by molar-refractivity contribution is -0.138. The van der Waals surface area contributed by atoms with E-state index in [4.69, 9.17) is 4.74 Å². The van der Waals surface area contributed by atoms with Crippen LogP contribution in [0.1, 0.15) is 19.0 Å². The third kappa shape index (κ3) is 3.53. The molecule has 0 aliphatic carbocycles. The number of imide groups is 1. The van der Waals surface area contributed by atoms with Gasteiger partial charge in [0.05, 0.1) is 12.1 Å². The summed E-state index contributed by atoms with van der Waals surface area (Å²) < 4.78 is 5.72. The number of ether oxygens (including phenoxy) is 1. The molecule has 2 heterocycles. The first-order chi connectivity index (χ1) is 11.7. The number of benzene rings is 1. The number of pyridine rings is 1. The zero-order chi connectivity index (χ0) is 16.9. The molecular weight excluding hydrogens is 306 g/mol. The van der Waals surface area contributed by atoms with Gasteiger partial charge in [-0.25, -0.2) is 0 Å². The quantitative estimate of drug-likeness (QED) is 0.825. The second-order valence-electron chi connectivity index (χ2n) is 5.51. The van der Waals surface area contributed by atoms with Gasteiger partial charge in [-0.2, -0.15) is 0 Å². The van der Waals surface area contributed by atoms with E-state index in [2.05, 4.69) is 10.3 Å². The van der Waals surface area contributed by atoms with Crippen LogP contribution in [0.5, 0.6) is 5.75 Å². The Balaban J connectivity index is 1.63. The fraction of sp³-hybridized carbons (Fsp3) is 0.278. The average Bonchev–Trinajstić information content (AvgIpc) is 2.87. The van der Waals surface area contributed by atoms with Crippen LogP contribution in [0.2, 0.25) is 0 Å². The number of nitrogens with one attached hydrogen (secondary N) is 1. The molecule has 1 aliphatic heterocycles. The number of carbonyl (C=O) groups excluding carboxylic acids is 2. The van der Waals surface area contributed by atoms with Gasteiger partial charge in [0.1, 0.15) is 18.4 Å². The summed E-state index contributed by atoms with van der Waals surface area (Å²) >= 11 is 0. The predicted molar refractivity (Wildman–Crippen MR) is 89.4 cm³/mol. The van der Waals surface area contributed by atoms with Crippen LogP contribution < -0.4 is 10.1 Å². The molecule has 0 radical (unpaired) electrons. The van der Waals surface area contributed by atoms with E-state index in [9.17, 15) is 9.59 Å². The Hall–Kier alpha value is -2.89. The van der Waals surface area contributed by atoms with E-state index in [0.29, 0.717) is 18.9 Å². The second kappa shape index (κ2) is 7.12. The highest BCUT2D eigenvalue weighted by Gasteiger charge is 2.37. The van der Waals surface area contributed by atoms with Crippen molar-refractivity contribution in [3.63, 3.8) is 0 Å². The Kier molecular flexibility index (Phi) is 4.74. The van der Waals surface area contributed by atoms with Gasteiger partial charge in [0.25, 0.3) is 5.91 Å². The third-order valence-corrected chi connectivity index (χ3v) is 3.85. The Bertz CT molecular complexity index is 733.